The van der Waals surface area contributed by atoms with E-state index in [9.17, 15) is 19.3 Å². The van der Waals surface area contributed by atoms with Gasteiger partial charge in [0.2, 0.25) is 5.91 Å². The van der Waals surface area contributed by atoms with Gasteiger partial charge >= 0.3 is 5.69 Å². The molecule has 2 aromatic heterocycles. The first-order valence-corrected chi connectivity index (χ1v) is 8.58. The summed E-state index contributed by atoms with van der Waals surface area (Å²) in [4.78, 5) is 22.7. The van der Waals surface area contributed by atoms with Crippen LogP contribution in [0.5, 0.6) is 0 Å². The van der Waals surface area contributed by atoms with Crippen molar-refractivity contribution in [2.24, 2.45) is 0 Å². The Hall–Kier alpha value is -3.27. The molecular weight excluding hydrogens is 391 g/mol. The number of anilines is 1. The lowest BCUT2D eigenvalue weighted by molar-refractivity contribution is -0.386. The van der Waals surface area contributed by atoms with Crippen LogP contribution in [0.15, 0.2) is 30.5 Å². The Balaban J connectivity index is 1.66. The molecule has 1 amide bonds. The number of hydrogen-bond donors (Lipinski definition) is 1. The average Bonchev–Trinajstić information content (AvgIpc) is 3.14. The van der Waals surface area contributed by atoms with E-state index in [1.165, 1.54) is 30.7 Å². The van der Waals surface area contributed by atoms with Gasteiger partial charge < -0.3 is 5.32 Å². The summed E-state index contributed by atoms with van der Waals surface area (Å²) < 4.78 is 15.9. The van der Waals surface area contributed by atoms with E-state index in [0.29, 0.717) is 23.6 Å². The molecule has 0 aliphatic carbocycles. The normalized spacial score (nSPS) is 10.9. The van der Waals surface area contributed by atoms with Crippen LogP contribution in [0, 0.1) is 29.8 Å². The van der Waals surface area contributed by atoms with Crippen molar-refractivity contribution in [1.29, 1.82) is 0 Å². The standard InChI is InChI=1S/C17H16ClFN6O3/c1-10-17(25(27)28)11(2)24(21-10)9-16(26)20-15-5-6-23(22-15)8-12-3-4-13(19)7-14(12)18/h3-7H,8-9H2,1-2H3,(H,20,22,26). The summed E-state index contributed by atoms with van der Waals surface area (Å²) in [7, 11) is 0. The van der Waals surface area contributed by atoms with Crippen LogP contribution < -0.4 is 5.32 Å². The van der Waals surface area contributed by atoms with E-state index in [2.05, 4.69) is 15.5 Å². The topological polar surface area (TPSA) is 108 Å². The van der Waals surface area contributed by atoms with Crippen molar-refractivity contribution in [3.8, 4) is 0 Å². The van der Waals surface area contributed by atoms with Crippen molar-refractivity contribution in [1.82, 2.24) is 19.6 Å². The molecule has 0 saturated heterocycles. The summed E-state index contributed by atoms with van der Waals surface area (Å²) in [6.07, 6.45) is 1.64. The number of rotatable bonds is 6. The van der Waals surface area contributed by atoms with Gasteiger partial charge in [-0.2, -0.15) is 10.2 Å². The number of nitro groups is 1. The zero-order valence-corrected chi connectivity index (χ0v) is 15.8. The zero-order valence-electron chi connectivity index (χ0n) is 15.0. The van der Waals surface area contributed by atoms with Gasteiger partial charge in [0.05, 0.1) is 11.5 Å². The summed E-state index contributed by atoms with van der Waals surface area (Å²) in [6, 6.07) is 5.68. The Labute approximate surface area is 163 Å². The van der Waals surface area contributed by atoms with Gasteiger partial charge in [-0.05, 0) is 31.5 Å². The number of aryl methyl sites for hydroxylation is 1. The van der Waals surface area contributed by atoms with Crippen LogP contribution in [-0.4, -0.2) is 30.4 Å². The molecule has 0 spiro atoms. The quantitative estimate of drug-likeness (QED) is 0.500. The van der Waals surface area contributed by atoms with Gasteiger partial charge in [0.1, 0.15) is 23.7 Å². The molecule has 0 saturated carbocycles. The van der Waals surface area contributed by atoms with E-state index in [4.69, 9.17) is 11.6 Å². The van der Waals surface area contributed by atoms with Crippen LogP contribution in [0.25, 0.3) is 0 Å². The molecule has 11 heteroatoms. The lowest BCUT2D eigenvalue weighted by atomic mass is 10.2. The molecule has 0 bridgehead atoms. The molecule has 0 fully saturated rings. The third kappa shape index (κ3) is 4.17. The monoisotopic (exact) mass is 406 g/mol. The second kappa shape index (κ2) is 7.77. The van der Waals surface area contributed by atoms with Crippen LogP contribution in [0.3, 0.4) is 0 Å². The highest BCUT2D eigenvalue weighted by molar-refractivity contribution is 6.31. The Bertz CT molecular complexity index is 1060. The molecular formula is C17H16ClFN6O3. The first-order chi connectivity index (χ1) is 13.2. The Kier molecular flexibility index (Phi) is 5.41. The number of carbonyl (C=O) groups is 1. The predicted molar refractivity (Wildman–Crippen MR) is 99.7 cm³/mol. The number of benzene rings is 1. The highest BCUT2D eigenvalue weighted by atomic mass is 35.5. The van der Waals surface area contributed by atoms with Gasteiger partial charge in [-0.15, -0.1) is 0 Å². The van der Waals surface area contributed by atoms with Crippen LogP contribution in [0.1, 0.15) is 17.0 Å². The molecule has 0 aliphatic rings. The fourth-order valence-corrected chi connectivity index (χ4v) is 2.99. The predicted octanol–water partition coefficient (Wildman–Crippen LogP) is 3.08. The third-order valence-electron chi connectivity index (χ3n) is 4.07. The molecule has 0 aliphatic heterocycles. The van der Waals surface area contributed by atoms with Gasteiger partial charge in [0.25, 0.3) is 0 Å². The smallest absolute Gasteiger partial charge is 0.308 e. The van der Waals surface area contributed by atoms with Gasteiger partial charge in [-0.25, -0.2) is 4.39 Å². The molecule has 1 N–H and O–H groups in total. The molecule has 2 heterocycles. The summed E-state index contributed by atoms with van der Waals surface area (Å²) >= 11 is 6.00. The van der Waals surface area contributed by atoms with E-state index in [1.54, 1.807) is 23.0 Å². The molecule has 3 aromatic rings. The van der Waals surface area contributed by atoms with E-state index in [-0.39, 0.29) is 22.9 Å². The number of nitrogens with zero attached hydrogens (tertiary/aromatic N) is 5. The largest absolute Gasteiger partial charge is 0.312 e. The number of halogens is 2. The molecule has 0 radical (unpaired) electrons. The third-order valence-corrected chi connectivity index (χ3v) is 4.43. The van der Waals surface area contributed by atoms with Crippen molar-refractivity contribution < 1.29 is 14.1 Å². The lowest BCUT2D eigenvalue weighted by Crippen LogP contribution is -2.20. The zero-order chi connectivity index (χ0) is 20.4. The van der Waals surface area contributed by atoms with Gasteiger partial charge in [0, 0.05) is 17.3 Å². The maximum atomic E-state index is 13.1. The average molecular weight is 407 g/mol. The van der Waals surface area contributed by atoms with E-state index in [0.717, 1.165) is 0 Å². The van der Waals surface area contributed by atoms with Gasteiger partial charge in [-0.3, -0.25) is 24.3 Å². The van der Waals surface area contributed by atoms with Crippen LogP contribution in [0.4, 0.5) is 15.9 Å². The van der Waals surface area contributed by atoms with Crippen LogP contribution in [0.2, 0.25) is 5.02 Å². The number of carbonyl (C=O) groups excluding carboxylic acids is 1. The molecule has 28 heavy (non-hydrogen) atoms. The minimum atomic E-state index is -0.520. The fourth-order valence-electron chi connectivity index (χ4n) is 2.76. The van der Waals surface area contributed by atoms with Gasteiger partial charge in [0.15, 0.2) is 5.82 Å². The molecule has 0 unspecified atom stereocenters. The second-order valence-electron chi connectivity index (χ2n) is 6.12. The number of amides is 1. The summed E-state index contributed by atoms with van der Waals surface area (Å²) in [5.41, 5.74) is 1.12. The summed E-state index contributed by atoms with van der Waals surface area (Å²) in [5.74, 6) is -0.545. The van der Waals surface area contributed by atoms with E-state index >= 15 is 0 Å². The lowest BCUT2D eigenvalue weighted by Gasteiger charge is -2.06. The Morgan fingerprint density at radius 3 is 2.71 bits per heavy atom. The maximum Gasteiger partial charge on any atom is 0.312 e. The summed E-state index contributed by atoms with van der Waals surface area (Å²) in [5, 5.41) is 22.2. The molecule has 0 atom stereocenters. The van der Waals surface area contributed by atoms with E-state index in [1.807, 2.05) is 0 Å². The van der Waals surface area contributed by atoms with Crippen molar-refractivity contribution in [3.63, 3.8) is 0 Å². The first-order valence-electron chi connectivity index (χ1n) is 8.20. The summed E-state index contributed by atoms with van der Waals surface area (Å²) in [6.45, 7) is 3.17. The first kappa shape index (κ1) is 19.5. The van der Waals surface area contributed by atoms with Gasteiger partial charge in [-0.1, -0.05) is 17.7 Å². The van der Waals surface area contributed by atoms with Crippen molar-refractivity contribution in [2.45, 2.75) is 26.9 Å². The number of aromatic nitrogens is 4. The fraction of sp³-hybridized carbons (Fsp3) is 0.235. The maximum absolute atomic E-state index is 13.1. The highest BCUT2D eigenvalue weighted by Crippen LogP contribution is 2.22. The van der Waals surface area contributed by atoms with Crippen molar-refractivity contribution in [3.05, 3.63) is 68.4 Å². The Morgan fingerprint density at radius 1 is 1.32 bits per heavy atom. The molecule has 3 rings (SSSR count). The Morgan fingerprint density at radius 2 is 2.07 bits per heavy atom. The van der Waals surface area contributed by atoms with E-state index < -0.39 is 16.6 Å². The number of nitrogens with one attached hydrogen (secondary N) is 1. The molecule has 9 nitrogen and oxygen atoms in total. The van der Waals surface area contributed by atoms with Crippen molar-refractivity contribution >= 4 is 29.0 Å². The second-order valence-corrected chi connectivity index (χ2v) is 6.52. The number of hydrogen-bond acceptors (Lipinski definition) is 5. The highest BCUT2D eigenvalue weighted by Gasteiger charge is 2.22. The molecule has 1 aromatic carbocycles. The van der Waals surface area contributed by atoms with Crippen LogP contribution in [-0.2, 0) is 17.9 Å². The minimum Gasteiger partial charge on any atom is -0.308 e. The SMILES string of the molecule is Cc1nn(CC(=O)Nc2ccn(Cc3ccc(F)cc3Cl)n2)c(C)c1[N+](=O)[O-]. The minimum absolute atomic E-state index is 0.103. The van der Waals surface area contributed by atoms with Crippen molar-refractivity contribution in [2.75, 3.05) is 5.32 Å². The molecule has 146 valence electrons. The van der Waals surface area contributed by atoms with Crippen LogP contribution >= 0.6 is 11.6 Å².